The van der Waals surface area contributed by atoms with Gasteiger partial charge >= 0.3 is 0 Å². The minimum atomic E-state index is 0.464. The fourth-order valence-corrected chi connectivity index (χ4v) is 4.18. The quantitative estimate of drug-likeness (QED) is 0.577. The summed E-state index contributed by atoms with van der Waals surface area (Å²) < 4.78 is 11.9. The monoisotopic (exact) mass is 416 g/mol. The maximum absolute atomic E-state index is 6.57. The highest BCUT2D eigenvalue weighted by molar-refractivity contribution is 6.32. The van der Waals surface area contributed by atoms with Crippen LogP contribution in [-0.2, 0) is 13.2 Å². The van der Waals surface area contributed by atoms with E-state index in [0.29, 0.717) is 35.8 Å². The number of benzene rings is 2. The number of hydrogen-bond acceptors (Lipinski definition) is 4. The van der Waals surface area contributed by atoms with E-state index in [4.69, 9.17) is 21.1 Å². The number of nitrogens with one attached hydrogen (secondary N) is 1. The van der Waals surface area contributed by atoms with E-state index in [0.717, 1.165) is 30.8 Å². The first-order valence-corrected chi connectivity index (χ1v) is 11.1. The van der Waals surface area contributed by atoms with Gasteiger partial charge in [0.2, 0.25) is 0 Å². The van der Waals surface area contributed by atoms with Crippen LogP contribution in [-0.4, -0.2) is 37.2 Å². The van der Waals surface area contributed by atoms with Crippen LogP contribution in [0.15, 0.2) is 36.4 Å². The third kappa shape index (κ3) is 6.11. The Kier molecular flexibility index (Phi) is 8.22. The molecule has 4 nitrogen and oxygen atoms in total. The van der Waals surface area contributed by atoms with Crippen LogP contribution < -0.4 is 14.8 Å². The van der Waals surface area contributed by atoms with E-state index in [2.05, 4.69) is 48.3 Å². The predicted octanol–water partition coefficient (Wildman–Crippen LogP) is 5.20. The molecule has 0 amide bonds. The lowest BCUT2D eigenvalue weighted by molar-refractivity contribution is 0.259. The molecule has 0 aromatic heterocycles. The number of halogens is 1. The van der Waals surface area contributed by atoms with Crippen LogP contribution in [0.3, 0.4) is 0 Å². The van der Waals surface area contributed by atoms with E-state index in [9.17, 15) is 0 Å². The Hall–Kier alpha value is -1.75. The van der Waals surface area contributed by atoms with E-state index in [1.807, 2.05) is 19.1 Å². The largest absolute Gasteiger partial charge is 0.490 e. The third-order valence-electron chi connectivity index (χ3n) is 5.49. The molecule has 0 unspecified atom stereocenters. The minimum Gasteiger partial charge on any atom is -0.490 e. The summed E-state index contributed by atoms with van der Waals surface area (Å²) >= 11 is 6.57. The van der Waals surface area contributed by atoms with E-state index in [-0.39, 0.29) is 0 Å². The second-order valence-electron chi connectivity index (χ2n) is 7.67. The lowest BCUT2D eigenvalue weighted by Crippen LogP contribution is -2.37. The molecule has 1 aliphatic heterocycles. The van der Waals surface area contributed by atoms with Gasteiger partial charge in [-0.25, -0.2) is 0 Å². The average molecular weight is 417 g/mol. The second-order valence-corrected chi connectivity index (χ2v) is 8.07. The maximum Gasteiger partial charge on any atom is 0.180 e. The molecule has 158 valence electrons. The molecule has 1 N–H and O–H groups in total. The molecular formula is C24H33ClN2O2. The lowest BCUT2D eigenvalue weighted by Gasteiger charge is -2.23. The standard InChI is InChI=1S/C24H33ClN2O2/c1-4-27-12-6-7-21(27)16-26-15-20-13-22(25)24(23(14-20)28-5-2)29-17-19-10-8-18(3)9-11-19/h8-11,13-14,21,26H,4-7,12,15-17H2,1-3H3/t21-/m0/s1. The fourth-order valence-electron chi connectivity index (χ4n) is 3.89. The molecule has 1 aliphatic rings. The second kappa shape index (κ2) is 10.9. The molecule has 0 bridgehead atoms. The molecular weight excluding hydrogens is 384 g/mol. The summed E-state index contributed by atoms with van der Waals surface area (Å²) in [4.78, 5) is 2.55. The summed E-state index contributed by atoms with van der Waals surface area (Å²) in [5, 5.41) is 4.18. The van der Waals surface area contributed by atoms with Crippen molar-refractivity contribution in [1.82, 2.24) is 10.2 Å². The van der Waals surface area contributed by atoms with Gasteiger partial charge in [0.05, 0.1) is 11.6 Å². The van der Waals surface area contributed by atoms with Crippen LogP contribution in [0.25, 0.3) is 0 Å². The maximum atomic E-state index is 6.57. The van der Waals surface area contributed by atoms with Crippen molar-refractivity contribution in [3.8, 4) is 11.5 Å². The normalized spacial score (nSPS) is 16.9. The SMILES string of the molecule is CCOc1cc(CNC[C@@H]2CCCN2CC)cc(Cl)c1OCc1ccc(C)cc1. The molecule has 1 heterocycles. The molecule has 1 saturated heterocycles. The Morgan fingerprint density at radius 1 is 1.10 bits per heavy atom. The highest BCUT2D eigenvalue weighted by atomic mass is 35.5. The van der Waals surface area contributed by atoms with E-state index in [1.165, 1.54) is 24.9 Å². The number of hydrogen-bond donors (Lipinski definition) is 1. The molecule has 0 aliphatic carbocycles. The molecule has 0 radical (unpaired) electrons. The highest BCUT2D eigenvalue weighted by Gasteiger charge is 2.22. The van der Waals surface area contributed by atoms with Crippen molar-refractivity contribution in [3.05, 3.63) is 58.1 Å². The first-order valence-electron chi connectivity index (χ1n) is 10.7. The van der Waals surface area contributed by atoms with Gasteiger partial charge in [-0.15, -0.1) is 0 Å². The molecule has 0 spiro atoms. The number of nitrogens with zero attached hydrogens (tertiary/aromatic N) is 1. The van der Waals surface area contributed by atoms with Gasteiger partial charge in [-0.05, 0) is 63.0 Å². The number of likely N-dealkylation sites (N-methyl/N-ethyl adjacent to an activating group) is 1. The topological polar surface area (TPSA) is 33.7 Å². The van der Waals surface area contributed by atoms with E-state index >= 15 is 0 Å². The van der Waals surface area contributed by atoms with E-state index < -0.39 is 0 Å². The van der Waals surface area contributed by atoms with Crippen molar-refractivity contribution < 1.29 is 9.47 Å². The van der Waals surface area contributed by atoms with Crippen molar-refractivity contribution in [3.63, 3.8) is 0 Å². The van der Waals surface area contributed by atoms with Crippen molar-refractivity contribution >= 4 is 11.6 Å². The van der Waals surface area contributed by atoms with Gasteiger partial charge < -0.3 is 14.8 Å². The molecule has 29 heavy (non-hydrogen) atoms. The van der Waals surface area contributed by atoms with Gasteiger partial charge in [-0.2, -0.15) is 0 Å². The van der Waals surface area contributed by atoms with Gasteiger partial charge in [0.25, 0.3) is 0 Å². The summed E-state index contributed by atoms with van der Waals surface area (Å²) in [6, 6.07) is 13.0. The zero-order chi connectivity index (χ0) is 20.6. The molecule has 1 fully saturated rings. The summed E-state index contributed by atoms with van der Waals surface area (Å²) in [5.41, 5.74) is 3.46. The first-order chi connectivity index (χ1) is 14.1. The van der Waals surface area contributed by atoms with Crippen LogP contribution in [0.5, 0.6) is 11.5 Å². The minimum absolute atomic E-state index is 0.464. The zero-order valence-corrected chi connectivity index (χ0v) is 18.6. The summed E-state index contributed by atoms with van der Waals surface area (Å²) in [6.45, 7) is 11.4. The number of likely N-dealkylation sites (tertiary alicyclic amines) is 1. The fraction of sp³-hybridized carbons (Fsp3) is 0.500. The van der Waals surface area contributed by atoms with Crippen molar-refractivity contribution in [2.75, 3.05) is 26.2 Å². The molecule has 2 aromatic rings. The third-order valence-corrected chi connectivity index (χ3v) is 5.77. The van der Waals surface area contributed by atoms with Gasteiger partial charge in [0, 0.05) is 19.1 Å². The Balaban J connectivity index is 1.63. The molecule has 3 rings (SSSR count). The van der Waals surface area contributed by atoms with Crippen LogP contribution in [0.1, 0.15) is 43.4 Å². The predicted molar refractivity (Wildman–Crippen MR) is 120 cm³/mol. The molecule has 1 atom stereocenters. The smallest absolute Gasteiger partial charge is 0.180 e. The van der Waals surface area contributed by atoms with Gasteiger partial charge in [-0.1, -0.05) is 48.4 Å². The number of rotatable bonds is 10. The Morgan fingerprint density at radius 2 is 1.90 bits per heavy atom. The Bertz CT molecular complexity index is 779. The summed E-state index contributed by atoms with van der Waals surface area (Å²) in [5.74, 6) is 1.32. The van der Waals surface area contributed by atoms with Gasteiger partial charge in [0.1, 0.15) is 6.61 Å². The van der Waals surface area contributed by atoms with Crippen LogP contribution in [0.2, 0.25) is 5.02 Å². The van der Waals surface area contributed by atoms with Crippen LogP contribution in [0.4, 0.5) is 0 Å². The lowest BCUT2D eigenvalue weighted by atomic mass is 10.1. The molecule has 2 aromatic carbocycles. The van der Waals surface area contributed by atoms with Gasteiger partial charge in [-0.3, -0.25) is 4.90 Å². The number of ether oxygens (including phenoxy) is 2. The molecule has 0 saturated carbocycles. The first kappa shape index (κ1) is 21.9. The van der Waals surface area contributed by atoms with E-state index in [1.54, 1.807) is 0 Å². The van der Waals surface area contributed by atoms with Gasteiger partial charge in [0.15, 0.2) is 11.5 Å². The van der Waals surface area contributed by atoms with Crippen molar-refractivity contribution in [1.29, 1.82) is 0 Å². The van der Waals surface area contributed by atoms with Crippen molar-refractivity contribution in [2.45, 2.75) is 52.8 Å². The van der Waals surface area contributed by atoms with Crippen molar-refractivity contribution in [2.24, 2.45) is 0 Å². The van der Waals surface area contributed by atoms with Crippen LogP contribution >= 0.6 is 11.6 Å². The molecule has 5 heteroatoms. The summed E-state index contributed by atoms with van der Waals surface area (Å²) in [6.07, 6.45) is 2.57. The highest BCUT2D eigenvalue weighted by Crippen LogP contribution is 2.37. The zero-order valence-electron chi connectivity index (χ0n) is 17.8. The van der Waals surface area contributed by atoms with Crippen LogP contribution in [0, 0.1) is 6.92 Å². The Labute approximate surface area is 180 Å². The number of aryl methyl sites for hydroxylation is 1. The summed E-state index contributed by atoms with van der Waals surface area (Å²) in [7, 11) is 0. The Morgan fingerprint density at radius 3 is 2.62 bits per heavy atom. The average Bonchev–Trinajstić information content (AvgIpc) is 3.16.